The number of halogens is 2. The van der Waals surface area contributed by atoms with Gasteiger partial charge >= 0.3 is 6.09 Å². The number of likely N-dealkylation sites (tertiary alicyclic amines) is 1. The van der Waals surface area contributed by atoms with E-state index in [2.05, 4.69) is 0 Å². The molecule has 1 aromatic rings. The van der Waals surface area contributed by atoms with Gasteiger partial charge in [0.2, 0.25) is 0 Å². The zero-order valence-corrected chi connectivity index (χ0v) is 15.3. The molecule has 0 spiro atoms. The Morgan fingerprint density at radius 1 is 1.38 bits per heavy atom. The normalized spacial score (nSPS) is 17.7. The van der Waals surface area contributed by atoms with Crippen molar-refractivity contribution in [2.75, 3.05) is 19.6 Å². The van der Waals surface area contributed by atoms with Crippen molar-refractivity contribution in [1.82, 2.24) is 4.90 Å². The number of hydrogen-bond donors (Lipinski definition) is 1. The molecule has 1 aromatic carbocycles. The van der Waals surface area contributed by atoms with Gasteiger partial charge in [0, 0.05) is 18.1 Å². The highest BCUT2D eigenvalue weighted by Gasteiger charge is 2.36. The van der Waals surface area contributed by atoms with E-state index in [0.29, 0.717) is 36.6 Å². The van der Waals surface area contributed by atoms with E-state index >= 15 is 0 Å². The molecule has 4 nitrogen and oxygen atoms in total. The fraction of sp³-hybridized carbons (Fsp3) is 0.611. The second-order valence-electron chi connectivity index (χ2n) is 7.58. The maximum absolute atomic E-state index is 14.1. The molecule has 134 valence electrons. The summed E-state index contributed by atoms with van der Waals surface area (Å²) in [5.41, 5.74) is 5.92. The average molecular weight is 357 g/mol. The van der Waals surface area contributed by atoms with Crippen LogP contribution in [-0.4, -0.2) is 36.2 Å². The minimum Gasteiger partial charge on any atom is -0.444 e. The third-order valence-corrected chi connectivity index (χ3v) is 4.72. The van der Waals surface area contributed by atoms with Crippen LogP contribution in [0.3, 0.4) is 0 Å². The number of piperidine rings is 1. The van der Waals surface area contributed by atoms with Gasteiger partial charge in [0.1, 0.15) is 11.4 Å². The van der Waals surface area contributed by atoms with Crippen molar-refractivity contribution in [3.63, 3.8) is 0 Å². The molecule has 0 atom stereocenters. The Morgan fingerprint density at radius 3 is 2.50 bits per heavy atom. The van der Waals surface area contributed by atoms with Gasteiger partial charge in [-0.15, -0.1) is 0 Å². The van der Waals surface area contributed by atoms with E-state index < -0.39 is 5.60 Å². The number of ether oxygens (including phenoxy) is 1. The molecule has 1 amide bonds. The fourth-order valence-electron chi connectivity index (χ4n) is 3.01. The summed E-state index contributed by atoms with van der Waals surface area (Å²) < 4.78 is 19.5. The number of amides is 1. The SMILES string of the molecule is CC(C)(C)OC(=O)N1CCC(CN)(Cc2ccc(Cl)cc2F)CC1. The molecule has 2 N–H and O–H groups in total. The molecule has 1 saturated heterocycles. The summed E-state index contributed by atoms with van der Waals surface area (Å²) >= 11 is 5.81. The Labute approximate surface area is 148 Å². The highest BCUT2D eigenvalue weighted by Crippen LogP contribution is 2.35. The fourth-order valence-corrected chi connectivity index (χ4v) is 3.17. The smallest absolute Gasteiger partial charge is 0.410 e. The van der Waals surface area contributed by atoms with Crippen molar-refractivity contribution in [2.45, 2.75) is 45.6 Å². The van der Waals surface area contributed by atoms with Gasteiger partial charge in [0.15, 0.2) is 0 Å². The molecule has 2 rings (SSSR count). The lowest BCUT2D eigenvalue weighted by Gasteiger charge is -2.41. The van der Waals surface area contributed by atoms with E-state index in [1.807, 2.05) is 20.8 Å². The van der Waals surface area contributed by atoms with Crippen molar-refractivity contribution in [2.24, 2.45) is 11.1 Å². The first-order valence-corrected chi connectivity index (χ1v) is 8.64. The predicted octanol–water partition coefficient (Wildman–Crippen LogP) is 4.00. The second kappa shape index (κ2) is 7.28. The lowest BCUT2D eigenvalue weighted by molar-refractivity contribution is 0.0108. The summed E-state index contributed by atoms with van der Waals surface area (Å²) in [5.74, 6) is -0.301. The van der Waals surface area contributed by atoms with E-state index in [0.717, 1.165) is 12.8 Å². The van der Waals surface area contributed by atoms with Crippen LogP contribution in [0.1, 0.15) is 39.2 Å². The van der Waals surface area contributed by atoms with Gasteiger partial charge < -0.3 is 15.4 Å². The van der Waals surface area contributed by atoms with Crippen LogP contribution in [0.25, 0.3) is 0 Å². The molecule has 0 saturated carbocycles. The van der Waals surface area contributed by atoms with Gasteiger partial charge in [-0.2, -0.15) is 0 Å². The number of hydrogen-bond acceptors (Lipinski definition) is 3. The van der Waals surface area contributed by atoms with Crippen LogP contribution in [0.4, 0.5) is 9.18 Å². The Balaban J connectivity index is 2.02. The molecule has 6 heteroatoms. The Bertz CT molecular complexity index is 593. The molecule has 0 aromatic heterocycles. The third kappa shape index (κ3) is 4.84. The minimum atomic E-state index is -0.508. The first-order valence-electron chi connectivity index (χ1n) is 8.26. The Kier molecular flexibility index (Phi) is 5.76. The van der Waals surface area contributed by atoms with Crippen molar-refractivity contribution in [1.29, 1.82) is 0 Å². The zero-order valence-electron chi connectivity index (χ0n) is 14.6. The largest absolute Gasteiger partial charge is 0.444 e. The summed E-state index contributed by atoms with van der Waals surface area (Å²) in [5, 5.41) is 0.387. The first-order chi connectivity index (χ1) is 11.1. The minimum absolute atomic E-state index is 0.201. The van der Waals surface area contributed by atoms with Gasteiger partial charge in [-0.05, 0) is 69.7 Å². The van der Waals surface area contributed by atoms with Crippen molar-refractivity contribution >= 4 is 17.7 Å². The Hall–Kier alpha value is -1.33. The highest BCUT2D eigenvalue weighted by atomic mass is 35.5. The molecule has 1 aliphatic rings. The molecule has 1 aliphatic heterocycles. The van der Waals surface area contributed by atoms with Crippen molar-refractivity contribution in [3.05, 3.63) is 34.6 Å². The maximum atomic E-state index is 14.1. The molecule has 1 fully saturated rings. The van der Waals surface area contributed by atoms with E-state index in [1.165, 1.54) is 6.07 Å². The molecule has 0 radical (unpaired) electrons. The zero-order chi connectivity index (χ0) is 18.0. The van der Waals surface area contributed by atoms with Crippen LogP contribution in [-0.2, 0) is 11.2 Å². The summed E-state index contributed by atoms with van der Waals surface area (Å²) in [6.45, 7) is 7.15. The third-order valence-electron chi connectivity index (χ3n) is 4.49. The standard InChI is InChI=1S/C18H26ClFN2O2/c1-17(2,3)24-16(23)22-8-6-18(12-21,7-9-22)11-13-4-5-14(19)10-15(13)20/h4-5,10H,6-9,11-12,21H2,1-3H3. The monoisotopic (exact) mass is 356 g/mol. The molecular formula is C18H26ClFN2O2. The molecule has 0 bridgehead atoms. The summed E-state index contributed by atoms with van der Waals surface area (Å²) in [7, 11) is 0. The molecular weight excluding hydrogens is 331 g/mol. The van der Waals surface area contributed by atoms with Crippen LogP contribution in [0.15, 0.2) is 18.2 Å². The quantitative estimate of drug-likeness (QED) is 0.890. The van der Waals surface area contributed by atoms with E-state index in [4.69, 9.17) is 22.1 Å². The number of carbonyl (C=O) groups excluding carboxylic acids is 1. The number of benzene rings is 1. The molecule has 24 heavy (non-hydrogen) atoms. The van der Waals surface area contributed by atoms with Crippen LogP contribution >= 0.6 is 11.6 Å². The molecule has 1 heterocycles. The van der Waals surface area contributed by atoms with E-state index in [9.17, 15) is 9.18 Å². The summed E-state index contributed by atoms with van der Waals surface area (Å²) in [6.07, 6.45) is 1.70. The Morgan fingerprint density at radius 2 is 2.00 bits per heavy atom. The topological polar surface area (TPSA) is 55.6 Å². The molecule has 0 aliphatic carbocycles. The maximum Gasteiger partial charge on any atom is 0.410 e. The van der Waals surface area contributed by atoms with Gasteiger partial charge in [-0.1, -0.05) is 17.7 Å². The van der Waals surface area contributed by atoms with Crippen LogP contribution in [0, 0.1) is 11.2 Å². The van der Waals surface area contributed by atoms with Gasteiger partial charge in [-0.3, -0.25) is 0 Å². The summed E-state index contributed by atoms with van der Waals surface area (Å²) in [6, 6.07) is 4.74. The van der Waals surface area contributed by atoms with Crippen molar-refractivity contribution in [3.8, 4) is 0 Å². The van der Waals surface area contributed by atoms with Gasteiger partial charge in [0.25, 0.3) is 0 Å². The van der Waals surface area contributed by atoms with E-state index in [-0.39, 0.29) is 17.3 Å². The molecule has 0 unspecified atom stereocenters. The van der Waals surface area contributed by atoms with Gasteiger partial charge in [-0.25, -0.2) is 9.18 Å². The lowest BCUT2D eigenvalue weighted by Crippen LogP contribution is -2.48. The number of rotatable bonds is 3. The van der Waals surface area contributed by atoms with Crippen LogP contribution in [0.2, 0.25) is 5.02 Å². The first kappa shape index (κ1) is 19.0. The van der Waals surface area contributed by atoms with E-state index in [1.54, 1.807) is 17.0 Å². The average Bonchev–Trinajstić information content (AvgIpc) is 2.49. The highest BCUT2D eigenvalue weighted by molar-refractivity contribution is 6.30. The number of carbonyl (C=O) groups is 1. The van der Waals surface area contributed by atoms with Crippen LogP contribution in [0.5, 0.6) is 0 Å². The number of nitrogens with two attached hydrogens (primary N) is 1. The second-order valence-corrected chi connectivity index (χ2v) is 8.02. The van der Waals surface area contributed by atoms with Gasteiger partial charge in [0.05, 0.1) is 0 Å². The summed E-state index contributed by atoms with van der Waals surface area (Å²) in [4.78, 5) is 13.9. The lowest BCUT2D eigenvalue weighted by atomic mass is 9.74. The van der Waals surface area contributed by atoms with Crippen molar-refractivity contribution < 1.29 is 13.9 Å². The number of nitrogens with zero attached hydrogens (tertiary/aromatic N) is 1. The van der Waals surface area contributed by atoms with Crippen LogP contribution < -0.4 is 5.73 Å². The predicted molar refractivity (Wildman–Crippen MR) is 93.6 cm³/mol.